The topological polar surface area (TPSA) is 84.5 Å². The van der Waals surface area contributed by atoms with Crippen LogP contribution in [0, 0.1) is 0 Å². The first-order valence-electron chi connectivity index (χ1n) is 8.97. The van der Waals surface area contributed by atoms with Crippen molar-refractivity contribution in [1.29, 1.82) is 0 Å². The molecule has 0 unspecified atom stereocenters. The number of aromatic nitrogens is 2. The Kier molecular flexibility index (Phi) is 5.34. The number of primary amides is 1. The largest absolute Gasteiger partial charge is 0.368 e. The van der Waals surface area contributed by atoms with Crippen LogP contribution in [-0.2, 0) is 9.59 Å². The fraction of sp³-hybridized carbons (Fsp3) is 0.706. The summed E-state index contributed by atoms with van der Waals surface area (Å²) in [4.78, 5) is 29.1. The molecule has 0 spiro atoms. The third-order valence-corrected chi connectivity index (χ3v) is 5.84. The van der Waals surface area contributed by atoms with E-state index in [1.807, 2.05) is 11.8 Å². The van der Waals surface area contributed by atoms with Gasteiger partial charge in [-0.3, -0.25) is 19.2 Å². The van der Waals surface area contributed by atoms with Crippen molar-refractivity contribution < 1.29 is 9.59 Å². The van der Waals surface area contributed by atoms with Crippen LogP contribution in [0.2, 0.25) is 5.02 Å². The Bertz CT molecular complexity index is 633. The number of likely N-dealkylation sites (tertiary alicyclic amines) is 2. The number of rotatable bonds is 4. The third kappa shape index (κ3) is 3.53. The summed E-state index contributed by atoms with van der Waals surface area (Å²) in [5.74, 6) is -0.259. The molecule has 138 valence electrons. The summed E-state index contributed by atoms with van der Waals surface area (Å²) in [6.45, 7) is 4.72. The molecule has 2 aliphatic heterocycles. The van der Waals surface area contributed by atoms with Gasteiger partial charge in [0, 0.05) is 19.3 Å². The SMILES string of the molecule is C[C@H](C(=O)N1CCC(C(N)=O)(N2CCCCC2)CC1)n1cc(Cl)cn1. The number of nitrogens with two attached hydrogens (primary N) is 1. The molecule has 2 N–H and O–H groups in total. The molecule has 2 saturated heterocycles. The van der Waals surface area contributed by atoms with Crippen molar-refractivity contribution in [2.24, 2.45) is 5.73 Å². The smallest absolute Gasteiger partial charge is 0.247 e. The molecule has 0 aliphatic carbocycles. The van der Waals surface area contributed by atoms with Gasteiger partial charge in [0.2, 0.25) is 11.8 Å². The zero-order valence-electron chi connectivity index (χ0n) is 14.7. The number of nitrogens with zero attached hydrogens (tertiary/aromatic N) is 4. The van der Waals surface area contributed by atoms with Gasteiger partial charge in [-0.1, -0.05) is 18.0 Å². The molecule has 1 aromatic rings. The van der Waals surface area contributed by atoms with Gasteiger partial charge in [0.1, 0.15) is 11.6 Å². The van der Waals surface area contributed by atoms with E-state index in [4.69, 9.17) is 17.3 Å². The molecular weight excluding hydrogens is 342 g/mol. The van der Waals surface area contributed by atoms with E-state index >= 15 is 0 Å². The third-order valence-electron chi connectivity index (χ3n) is 5.65. The fourth-order valence-corrected chi connectivity index (χ4v) is 4.19. The molecule has 3 heterocycles. The van der Waals surface area contributed by atoms with Gasteiger partial charge in [-0.15, -0.1) is 0 Å². The van der Waals surface area contributed by atoms with E-state index in [0.717, 1.165) is 25.9 Å². The second-order valence-electron chi connectivity index (χ2n) is 7.08. The molecule has 0 bridgehead atoms. The molecule has 3 rings (SSSR count). The van der Waals surface area contributed by atoms with Crippen molar-refractivity contribution in [2.75, 3.05) is 26.2 Å². The lowest BCUT2D eigenvalue weighted by molar-refractivity contribution is -0.143. The summed E-state index contributed by atoms with van der Waals surface area (Å²) in [5.41, 5.74) is 5.19. The highest BCUT2D eigenvalue weighted by molar-refractivity contribution is 6.30. The number of hydrogen-bond donors (Lipinski definition) is 1. The summed E-state index contributed by atoms with van der Waals surface area (Å²) in [5, 5.41) is 4.63. The maximum atomic E-state index is 12.8. The van der Waals surface area contributed by atoms with Crippen LogP contribution in [0.3, 0.4) is 0 Å². The number of piperidine rings is 2. The Hall–Kier alpha value is -1.60. The van der Waals surface area contributed by atoms with Crippen LogP contribution in [0.1, 0.15) is 45.1 Å². The molecule has 1 atom stereocenters. The molecule has 1 aromatic heterocycles. The quantitative estimate of drug-likeness (QED) is 0.872. The molecule has 8 heteroatoms. The van der Waals surface area contributed by atoms with Crippen molar-refractivity contribution in [1.82, 2.24) is 19.6 Å². The van der Waals surface area contributed by atoms with Gasteiger partial charge in [-0.2, -0.15) is 5.10 Å². The van der Waals surface area contributed by atoms with E-state index in [9.17, 15) is 9.59 Å². The first-order valence-corrected chi connectivity index (χ1v) is 9.35. The molecule has 2 aliphatic rings. The number of halogens is 1. The van der Waals surface area contributed by atoms with E-state index in [0.29, 0.717) is 31.0 Å². The predicted octanol–water partition coefficient (Wildman–Crippen LogP) is 1.43. The fourth-order valence-electron chi connectivity index (χ4n) is 4.04. The normalized spacial score (nSPS) is 22.6. The molecule has 7 nitrogen and oxygen atoms in total. The second-order valence-corrected chi connectivity index (χ2v) is 7.52. The Morgan fingerprint density at radius 3 is 2.36 bits per heavy atom. The highest BCUT2D eigenvalue weighted by Gasteiger charge is 2.46. The Morgan fingerprint density at radius 2 is 1.84 bits per heavy atom. The first kappa shape index (κ1) is 18.2. The van der Waals surface area contributed by atoms with Crippen LogP contribution in [0.25, 0.3) is 0 Å². The lowest BCUT2D eigenvalue weighted by Gasteiger charge is -2.48. The molecule has 2 amide bonds. The zero-order chi connectivity index (χ0) is 18.0. The highest BCUT2D eigenvalue weighted by Crippen LogP contribution is 2.32. The van der Waals surface area contributed by atoms with Crippen molar-refractivity contribution in [3.63, 3.8) is 0 Å². The average Bonchev–Trinajstić information content (AvgIpc) is 3.07. The van der Waals surface area contributed by atoms with Crippen molar-refractivity contribution in [3.8, 4) is 0 Å². The minimum Gasteiger partial charge on any atom is -0.368 e. The van der Waals surface area contributed by atoms with E-state index in [2.05, 4.69) is 10.00 Å². The molecule has 0 saturated carbocycles. The number of carbonyl (C=O) groups is 2. The maximum Gasteiger partial charge on any atom is 0.247 e. The van der Waals surface area contributed by atoms with Gasteiger partial charge < -0.3 is 10.6 Å². The van der Waals surface area contributed by atoms with Crippen molar-refractivity contribution >= 4 is 23.4 Å². The predicted molar refractivity (Wildman–Crippen MR) is 95.1 cm³/mol. The molecular formula is C17H26ClN5O2. The van der Waals surface area contributed by atoms with Gasteiger partial charge in [-0.05, 0) is 45.7 Å². The Morgan fingerprint density at radius 1 is 1.20 bits per heavy atom. The summed E-state index contributed by atoms with van der Waals surface area (Å²) >= 11 is 5.89. The summed E-state index contributed by atoms with van der Waals surface area (Å²) in [7, 11) is 0. The molecule has 0 radical (unpaired) electrons. The monoisotopic (exact) mass is 367 g/mol. The van der Waals surface area contributed by atoms with Crippen LogP contribution in [0.5, 0.6) is 0 Å². The van der Waals surface area contributed by atoms with Gasteiger partial charge in [0.25, 0.3) is 0 Å². The molecule has 25 heavy (non-hydrogen) atoms. The zero-order valence-corrected chi connectivity index (χ0v) is 15.4. The lowest BCUT2D eigenvalue weighted by Crippen LogP contribution is -2.64. The number of amides is 2. The summed E-state index contributed by atoms with van der Waals surface area (Å²) in [6.07, 6.45) is 7.79. The van der Waals surface area contributed by atoms with Gasteiger partial charge in [-0.25, -0.2) is 0 Å². The summed E-state index contributed by atoms with van der Waals surface area (Å²) in [6, 6.07) is -0.413. The van der Waals surface area contributed by atoms with E-state index < -0.39 is 11.6 Å². The minimum atomic E-state index is -0.602. The summed E-state index contributed by atoms with van der Waals surface area (Å²) < 4.78 is 1.57. The van der Waals surface area contributed by atoms with Crippen LogP contribution in [0.15, 0.2) is 12.4 Å². The van der Waals surface area contributed by atoms with Crippen LogP contribution >= 0.6 is 11.6 Å². The Labute approximate surface area is 153 Å². The maximum absolute atomic E-state index is 12.8. The number of carbonyl (C=O) groups excluding carboxylic acids is 2. The molecule has 2 fully saturated rings. The lowest BCUT2D eigenvalue weighted by atomic mass is 9.83. The minimum absolute atomic E-state index is 0.00326. The van der Waals surface area contributed by atoms with E-state index in [1.54, 1.807) is 10.9 Å². The first-order chi connectivity index (χ1) is 11.9. The van der Waals surface area contributed by atoms with Crippen molar-refractivity contribution in [3.05, 3.63) is 17.4 Å². The number of hydrogen-bond acceptors (Lipinski definition) is 4. The van der Waals surface area contributed by atoms with Crippen molar-refractivity contribution in [2.45, 2.75) is 50.6 Å². The standard InChI is InChI=1S/C17H26ClN5O2/c1-13(23-12-14(18)11-20-23)15(24)21-9-5-17(6-10-21,16(19)25)22-7-3-2-4-8-22/h11-13H,2-10H2,1H3,(H2,19,25)/t13-/m1/s1. The molecule has 0 aromatic carbocycles. The van der Waals surface area contributed by atoms with Crippen LogP contribution in [0.4, 0.5) is 0 Å². The van der Waals surface area contributed by atoms with Gasteiger partial charge in [0.05, 0.1) is 11.2 Å². The van der Waals surface area contributed by atoms with E-state index in [1.165, 1.54) is 12.6 Å². The second kappa shape index (κ2) is 7.33. The Balaban J connectivity index is 1.67. The van der Waals surface area contributed by atoms with Gasteiger partial charge >= 0.3 is 0 Å². The van der Waals surface area contributed by atoms with Crippen LogP contribution in [-0.4, -0.2) is 63.1 Å². The van der Waals surface area contributed by atoms with E-state index in [-0.39, 0.29) is 11.8 Å². The highest BCUT2D eigenvalue weighted by atomic mass is 35.5. The van der Waals surface area contributed by atoms with Gasteiger partial charge in [0.15, 0.2) is 0 Å². The van der Waals surface area contributed by atoms with Crippen LogP contribution < -0.4 is 5.73 Å². The average molecular weight is 368 g/mol.